The molecule has 0 aliphatic carbocycles. The molecule has 0 aromatic heterocycles. The van der Waals surface area contributed by atoms with Gasteiger partial charge in [-0.3, -0.25) is 0 Å². The molecule has 6 heteroatoms. The molecule has 0 aromatic carbocycles. The van der Waals surface area contributed by atoms with E-state index in [9.17, 15) is 8.42 Å². The van der Waals surface area contributed by atoms with Crippen LogP contribution in [0.5, 0.6) is 0 Å². The zero-order valence-corrected chi connectivity index (χ0v) is 13.7. The van der Waals surface area contributed by atoms with Crippen LogP contribution in [0.4, 0.5) is 0 Å². The van der Waals surface area contributed by atoms with Crippen molar-refractivity contribution in [1.29, 1.82) is 0 Å². The smallest absolute Gasteiger partial charge is 0.211 e. The molecule has 0 amide bonds. The topological polar surface area (TPSA) is 67.4 Å². The fraction of sp³-hybridized carbons (Fsp3) is 1.00. The van der Waals surface area contributed by atoms with E-state index in [1.165, 1.54) is 0 Å². The third-order valence-electron chi connectivity index (χ3n) is 3.76. The molecule has 0 spiro atoms. The Balaban J connectivity index is 2.14. The van der Waals surface area contributed by atoms with Gasteiger partial charge in [0, 0.05) is 19.1 Å². The lowest BCUT2D eigenvalue weighted by Crippen LogP contribution is -2.34. The second kappa shape index (κ2) is 9.71. The molecule has 20 heavy (non-hydrogen) atoms. The van der Waals surface area contributed by atoms with E-state index in [4.69, 9.17) is 4.74 Å². The third-order valence-corrected chi connectivity index (χ3v) is 5.19. The molecule has 2 unspecified atom stereocenters. The van der Waals surface area contributed by atoms with Gasteiger partial charge in [-0.1, -0.05) is 13.8 Å². The summed E-state index contributed by atoms with van der Waals surface area (Å²) in [5, 5.41) is 3.28. The van der Waals surface area contributed by atoms with Gasteiger partial charge in [0.25, 0.3) is 0 Å². The van der Waals surface area contributed by atoms with E-state index in [1.54, 1.807) is 0 Å². The first kappa shape index (κ1) is 17.9. The van der Waals surface area contributed by atoms with Gasteiger partial charge < -0.3 is 10.1 Å². The Bertz CT molecular complexity index is 346. The van der Waals surface area contributed by atoms with Crippen molar-refractivity contribution in [1.82, 2.24) is 10.0 Å². The first-order valence-corrected chi connectivity index (χ1v) is 9.54. The van der Waals surface area contributed by atoms with Crippen molar-refractivity contribution in [2.75, 3.05) is 32.0 Å². The zero-order chi connectivity index (χ0) is 14.8. The van der Waals surface area contributed by atoms with Gasteiger partial charge in [0.2, 0.25) is 10.0 Å². The Morgan fingerprint density at radius 2 is 2.00 bits per heavy atom. The SMILES string of the molecule is CCCNCCCCS(=O)(=O)NCC1CCOC1CC. The van der Waals surface area contributed by atoms with Gasteiger partial charge in [0.15, 0.2) is 0 Å². The van der Waals surface area contributed by atoms with Crippen LogP contribution >= 0.6 is 0 Å². The fourth-order valence-electron chi connectivity index (χ4n) is 2.53. The third kappa shape index (κ3) is 7.02. The predicted molar refractivity (Wildman–Crippen MR) is 82.3 cm³/mol. The van der Waals surface area contributed by atoms with Crippen LogP contribution in [-0.2, 0) is 14.8 Å². The summed E-state index contributed by atoms with van der Waals surface area (Å²) < 4.78 is 32.1. The number of nitrogens with one attached hydrogen (secondary N) is 2. The Kier molecular flexibility index (Phi) is 8.68. The minimum absolute atomic E-state index is 0.218. The van der Waals surface area contributed by atoms with Crippen molar-refractivity contribution in [3.05, 3.63) is 0 Å². The summed E-state index contributed by atoms with van der Waals surface area (Å²) >= 11 is 0. The molecule has 2 N–H and O–H groups in total. The average Bonchev–Trinajstić information content (AvgIpc) is 2.88. The molecule has 0 radical (unpaired) electrons. The van der Waals surface area contributed by atoms with E-state index in [0.717, 1.165) is 45.4 Å². The Morgan fingerprint density at radius 3 is 2.70 bits per heavy atom. The summed E-state index contributed by atoms with van der Waals surface area (Å²) in [5.41, 5.74) is 0. The van der Waals surface area contributed by atoms with E-state index in [2.05, 4.69) is 23.9 Å². The predicted octanol–water partition coefficient (Wildman–Crippen LogP) is 1.50. The van der Waals surface area contributed by atoms with Crippen molar-refractivity contribution < 1.29 is 13.2 Å². The van der Waals surface area contributed by atoms with E-state index >= 15 is 0 Å². The van der Waals surface area contributed by atoms with Gasteiger partial charge in [0.05, 0.1) is 11.9 Å². The molecular weight excluding hydrogens is 276 g/mol. The van der Waals surface area contributed by atoms with Crippen LogP contribution in [-0.4, -0.2) is 46.5 Å². The van der Waals surface area contributed by atoms with Crippen molar-refractivity contribution in [3.8, 4) is 0 Å². The average molecular weight is 306 g/mol. The highest BCUT2D eigenvalue weighted by Crippen LogP contribution is 2.22. The van der Waals surface area contributed by atoms with Crippen molar-refractivity contribution in [2.24, 2.45) is 5.92 Å². The largest absolute Gasteiger partial charge is 0.378 e. The molecule has 1 saturated heterocycles. The van der Waals surface area contributed by atoms with Crippen molar-refractivity contribution in [3.63, 3.8) is 0 Å². The fourth-order valence-corrected chi connectivity index (χ4v) is 3.72. The standard InChI is InChI=1S/C14H30N2O3S/c1-3-8-15-9-5-6-11-20(17,18)16-12-13-7-10-19-14(13)4-2/h13-16H,3-12H2,1-2H3. The quantitative estimate of drug-likeness (QED) is 0.568. The number of rotatable bonds is 11. The van der Waals surface area contributed by atoms with Gasteiger partial charge in [0.1, 0.15) is 0 Å². The van der Waals surface area contributed by atoms with E-state index in [1.807, 2.05) is 0 Å². The minimum Gasteiger partial charge on any atom is -0.378 e. The Morgan fingerprint density at radius 1 is 1.20 bits per heavy atom. The molecule has 1 rings (SSSR count). The normalized spacial score (nSPS) is 23.3. The molecule has 5 nitrogen and oxygen atoms in total. The second-order valence-corrected chi connectivity index (χ2v) is 7.42. The van der Waals surface area contributed by atoms with E-state index in [-0.39, 0.29) is 11.9 Å². The second-order valence-electron chi connectivity index (χ2n) is 5.49. The van der Waals surface area contributed by atoms with Gasteiger partial charge in [-0.05, 0) is 45.2 Å². The first-order valence-electron chi connectivity index (χ1n) is 7.88. The van der Waals surface area contributed by atoms with E-state index < -0.39 is 10.0 Å². The van der Waals surface area contributed by atoms with Crippen LogP contribution < -0.4 is 10.0 Å². The summed E-state index contributed by atoms with van der Waals surface area (Å²) in [5.74, 6) is 0.562. The van der Waals surface area contributed by atoms with Crippen molar-refractivity contribution in [2.45, 2.75) is 52.1 Å². The summed E-state index contributed by atoms with van der Waals surface area (Å²) in [7, 11) is -3.13. The van der Waals surface area contributed by atoms with Crippen molar-refractivity contribution >= 4 is 10.0 Å². The monoisotopic (exact) mass is 306 g/mol. The molecule has 0 saturated carbocycles. The zero-order valence-electron chi connectivity index (χ0n) is 12.9. The lowest BCUT2D eigenvalue weighted by atomic mass is 10.0. The molecule has 120 valence electrons. The Hall–Kier alpha value is -0.170. The van der Waals surface area contributed by atoms with Crippen LogP contribution in [0.1, 0.15) is 46.0 Å². The molecule has 0 aromatic rings. The maximum absolute atomic E-state index is 11.9. The van der Waals surface area contributed by atoms with Gasteiger partial charge >= 0.3 is 0 Å². The minimum atomic E-state index is -3.13. The molecule has 0 bridgehead atoms. The molecular formula is C14H30N2O3S. The summed E-state index contributed by atoms with van der Waals surface area (Å²) in [6.07, 6.45) is 4.87. The number of unbranched alkanes of at least 4 members (excludes halogenated alkanes) is 1. The number of sulfonamides is 1. The first-order chi connectivity index (χ1) is 9.59. The maximum Gasteiger partial charge on any atom is 0.211 e. The molecule has 1 aliphatic heterocycles. The van der Waals surface area contributed by atoms with Gasteiger partial charge in [-0.2, -0.15) is 0 Å². The number of hydrogen-bond donors (Lipinski definition) is 2. The highest BCUT2D eigenvalue weighted by molar-refractivity contribution is 7.89. The van der Waals surface area contributed by atoms with Crippen LogP contribution in [0.15, 0.2) is 0 Å². The lowest BCUT2D eigenvalue weighted by Gasteiger charge is -2.17. The van der Waals surface area contributed by atoms with E-state index in [0.29, 0.717) is 18.9 Å². The highest BCUT2D eigenvalue weighted by Gasteiger charge is 2.27. The Labute approximate surface area is 123 Å². The van der Waals surface area contributed by atoms with Crippen LogP contribution in [0.2, 0.25) is 0 Å². The van der Waals surface area contributed by atoms with Crippen LogP contribution in [0, 0.1) is 5.92 Å². The summed E-state index contributed by atoms with van der Waals surface area (Å²) in [6.45, 7) is 7.39. The number of hydrogen-bond acceptors (Lipinski definition) is 4. The summed E-state index contributed by atoms with van der Waals surface area (Å²) in [6, 6.07) is 0. The van der Waals surface area contributed by atoms with Gasteiger partial charge in [-0.25, -0.2) is 13.1 Å². The van der Waals surface area contributed by atoms with Crippen LogP contribution in [0.25, 0.3) is 0 Å². The molecule has 2 atom stereocenters. The lowest BCUT2D eigenvalue weighted by molar-refractivity contribution is 0.0884. The molecule has 1 fully saturated rings. The van der Waals surface area contributed by atoms with Gasteiger partial charge in [-0.15, -0.1) is 0 Å². The van der Waals surface area contributed by atoms with Crippen LogP contribution in [0.3, 0.4) is 0 Å². The molecule has 1 aliphatic rings. The maximum atomic E-state index is 11.9. The molecule has 1 heterocycles. The summed E-state index contributed by atoms with van der Waals surface area (Å²) in [4.78, 5) is 0. The highest BCUT2D eigenvalue weighted by atomic mass is 32.2. The number of ether oxygens (including phenoxy) is 1.